The summed E-state index contributed by atoms with van der Waals surface area (Å²) in [5.41, 5.74) is 3.40. The zero-order valence-corrected chi connectivity index (χ0v) is 83.0. The molecule has 720 valence electrons. The molecule has 0 atom stereocenters. The van der Waals surface area contributed by atoms with Gasteiger partial charge in [-0.05, 0) is 128 Å². The van der Waals surface area contributed by atoms with Crippen LogP contribution in [0.3, 0.4) is 0 Å². The number of hydrogen-bond donors (Lipinski definition) is 1. The highest BCUT2D eigenvalue weighted by molar-refractivity contribution is 8.00. The van der Waals surface area contributed by atoms with Crippen LogP contribution >= 0.6 is 117 Å². The van der Waals surface area contributed by atoms with Gasteiger partial charge in [0.2, 0.25) is 0 Å². The van der Waals surface area contributed by atoms with Crippen molar-refractivity contribution in [2.75, 3.05) is 70.9 Å². The lowest BCUT2D eigenvalue weighted by Gasteiger charge is -2.11. The van der Waals surface area contributed by atoms with Crippen molar-refractivity contribution < 1.29 is 76.4 Å². The van der Waals surface area contributed by atoms with Gasteiger partial charge >= 0.3 is 29.8 Å². The van der Waals surface area contributed by atoms with Crippen molar-refractivity contribution >= 4 is 201 Å². The lowest BCUT2D eigenvalue weighted by molar-refractivity contribution is -0.138. The number of aliphatic hydroxyl groups excluding tert-OH is 1. The summed E-state index contributed by atoms with van der Waals surface area (Å²) >= 11 is 37.3. The molecular weight excluding hydrogens is 1980 g/mol. The van der Waals surface area contributed by atoms with Crippen LogP contribution in [-0.4, -0.2) is 205 Å². The summed E-state index contributed by atoms with van der Waals surface area (Å²) in [5, 5.41) is 59.2. The molecule has 15 rings (SSSR count). The summed E-state index contributed by atoms with van der Waals surface area (Å²) in [7, 11) is 6.74. The molecule has 0 aliphatic heterocycles. The van der Waals surface area contributed by atoms with Gasteiger partial charge in [0.15, 0.2) is 54.9 Å². The van der Waals surface area contributed by atoms with Crippen LogP contribution in [0.4, 0.5) is 0 Å². The van der Waals surface area contributed by atoms with Crippen molar-refractivity contribution in [3.63, 3.8) is 0 Å². The standard InChI is InChI=1S/5C18H17ClN4O3S.C2H6O/c5*1-3-9-23-15(21-22-18(23)27-11-16(24)25-2)10-26-14-7-6-13(19)12-5-4-8-20-17(12)14;1-2-3/h5*3-8H,1,9-11H2,2H3;3H,2H2,1H3. The first-order valence-corrected chi connectivity index (χ1v) is 48.0. The summed E-state index contributed by atoms with van der Waals surface area (Å²) in [6.45, 7) is 24.1. The van der Waals surface area contributed by atoms with Gasteiger partial charge in [-0.1, -0.05) is 147 Å². The van der Waals surface area contributed by atoms with Gasteiger partial charge in [0, 0.05) is 97.2 Å². The van der Waals surface area contributed by atoms with E-state index in [9.17, 15) is 24.0 Å². The van der Waals surface area contributed by atoms with Crippen LogP contribution in [0, 0.1) is 0 Å². The predicted molar refractivity (Wildman–Crippen MR) is 533 cm³/mol. The first-order chi connectivity index (χ1) is 67.1. The Morgan fingerprint density at radius 2 is 0.464 bits per heavy atom. The minimum Gasteiger partial charge on any atom is -0.483 e. The summed E-state index contributed by atoms with van der Waals surface area (Å²) in [6.07, 6.45) is 17.1. The van der Waals surface area contributed by atoms with E-state index in [0.717, 1.165) is 26.9 Å². The maximum atomic E-state index is 11.4. The maximum Gasteiger partial charge on any atom is 0.316 e. The average Bonchev–Trinajstić information content (AvgIpc) is 1.01. The number of pyridine rings is 5. The zero-order valence-electron chi connectivity index (χ0n) is 75.1. The number of carbonyl (C=O) groups is 5. The molecule has 138 heavy (non-hydrogen) atoms. The fourth-order valence-corrected chi connectivity index (χ4v) is 17.1. The first kappa shape index (κ1) is 107. The Hall–Kier alpha value is -12.9. The highest BCUT2D eigenvalue weighted by Crippen LogP contribution is 2.37. The average molecular weight is 2070 g/mol. The van der Waals surface area contributed by atoms with Gasteiger partial charge in [-0.2, -0.15) is 0 Å². The Morgan fingerprint density at radius 1 is 0.297 bits per heavy atom. The molecular formula is C92H91Cl5N20O16S5. The molecule has 0 aliphatic carbocycles. The van der Waals surface area contributed by atoms with Gasteiger partial charge in [-0.25, -0.2) is 0 Å². The Labute approximate surface area is 838 Å². The third-order valence-electron chi connectivity index (χ3n) is 18.4. The second-order valence-electron chi connectivity index (χ2n) is 27.3. The fourth-order valence-electron chi connectivity index (χ4n) is 12.0. The molecule has 0 bridgehead atoms. The normalized spacial score (nSPS) is 10.6. The van der Waals surface area contributed by atoms with Crippen LogP contribution in [0.1, 0.15) is 36.0 Å². The highest BCUT2D eigenvalue weighted by Gasteiger charge is 2.23. The molecule has 0 radical (unpaired) electrons. The largest absolute Gasteiger partial charge is 0.483 e. The fraction of sp³-hybridized carbons (Fsp3) is 0.239. The predicted octanol–water partition coefficient (Wildman–Crippen LogP) is 17.5. The number of halogens is 5. The van der Waals surface area contributed by atoms with E-state index in [0.29, 0.717) is 169 Å². The van der Waals surface area contributed by atoms with Crippen molar-refractivity contribution in [2.45, 2.75) is 98.5 Å². The molecule has 0 fully saturated rings. The number of carbonyl (C=O) groups excluding carboxylic acids is 5. The van der Waals surface area contributed by atoms with Crippen LogP contribution in [0.5, 0.6) is 28.7 Å². The van der Waals surface area contributed by atoms with E-state index in [2.05, 4.69) is 132 Å². The summed E-state index contributed by atoms with van der Waals surface area (Å²) < 4.78 is 62.1. The number of aromatic nitrogens is 20. The van der Waals surface area contributed by atoms with Crippen LogP contribution in [0.25, 0.3) is 54.5 Å². The van der Waals surface area contributed by atoms with E-state index < -0.39 is 0 Å². The van der Waals surface area contributed by atoms with E-state index in [4.69, 9.17) is 86.8 Å². The van der Waals surface area contributed by atoms with Crippen LogP contribution in [-0.2, 0) is 113 Å². The molecule has 15 aromatic rings. The quantitative estimate of drug-likeness (QED) is 0.0161. The lowest BCUT2D eigenvalue weighted by atomic mass is 10.2. The number of esters is 5. The third kappa shape index (κ3) is 30.0. The Kier molecular flexibility index (Phi) is 43.5. The second kappa shape index (κ2) is 56.1. The Balaban J connectivity index is 0.000000177. The number of thioether (sulfide) groups is 5. The molecule has 0 unspecified atom stereocenters. The van der Waals surface area contributed by atoms with Gasteiger partial charge in [0.1, 0.15) is 89.4 Å². The molecule has 0 saturated carbocycles. The van der Waals surface area contributed by atoms with Gasteiger partial charge in [-0.15, -0.1) is 83.9 Å². The molecule has 0 aliphatic rings. The van der Waals surface area contributed by atoms with Gasteiger partial charge < -0.3 is 52.5 Å². The lowest BCUT2D eigenvalue weighted by Crippen LogP contribution is -2.09. The smallest absolute Gasteiger partial charge is 0.316 e. The van der Waals surface area contributed by atoms with Crippen molar-refractivity contribution in [1.82, 2.24) is 98.7 Å². The first-order valence-electron chi connectivity index (χ1n) is 41.1. The van der Waals surface area contributed by atoms with E-state index >= 15 is 0 Å². The van der Waals surface area contributed by atoms with Crippen molar-refractivity contribution in [3.8, 4) is 28.7 Å². The Bertz CT molecular complexity index is 5820. The SMILES string of the molecule is C=CCn1c(COc2ccc(Cl)c3cccnc23)nnc1SCC(=O)OC.C=CCn1c(COc2ccc(Cl)c3cccnc23)nnc1SCC(=O)OC.C=CCn1c(COc2ccc(Cl)c3cccnc23)nnc1SCC(=O)OC.C=CCn1c(COc2ccc(Cl)c3cccnc23)nnc1SCC(=O)OC.C=CCn1c(COc2ccc(Cl)c3cccnc23)nnc1SCC(=O)OC.CCO. The maximum absolute atomic E-state index is 11.4. The van der Waals surface area contributed by atoms with Gasteiger partial charge in [-0.3, -0.25) is 71.7 Å². The monoisotopic (exact) mass is 2070 g/mol. The summed E-state index contributed by atoms with van der Waals surface area (Å²) in [5.74, 6) is 5.19. The van der Waals surface area contributed by atoms with Crippen LogP contribution in [0.15, 0.2) is 241 Å². The summed E-state index contributed by atoms with van der Waals surface area (Å²) in [6, 6.07) is 36.3. The second-order valence-corrected chi connectivity index (χ2v) is 34.0. The number of allylic oxidation sites excluding steroid dienone is 5. The minimum absolute atomic E-state index is 0.151. The van der Waals surface area contributed by atoms with E-state index in [1.807, 2.05) is 83.5 Å². The van der Waals surface area contributed by atoms with Crippen molar-refractivity contribution in [1.29, 1.82) is 0 Å². The van der Waals surface area contributed by atoms with Crippen LogP contribution in [0.2, 0.25) is 25.1 Å². The third-order valence-corrected chi connectivity index (χ3v) is 24.8. The molecule has 10 aromatic heterocycles. The molecule has 0 spiro atoms. The molecule has 5 aromatic carbocycles. The number of benzene rings is 5. The van der Waals surface area contributed by atoms with Crippen LogP contribution < -0.4 is 23.7 Å². The summed E-state index contributed by atoms with van der Waals surface area (Å²) in [4.78, 5) is 78.6. The Morgan fingerprint density at radius 3 is 0.616 bits per heavy atom. The topological polar surface area (TPSA) is 416 Å². The van der Waals surface area contributed by atoms with Crippen molar-refractivity contribution in [2.24, 2.45) is 0 Å². The number of hydrogen-bond acceptors (Lipinski definition) is 36. The van der Waals surface area contributed by atoms with E-state index in [-0.39, 0.29) is 98.3 Å². The number of fused-ring (bicyclic) bond motifs is 5. The zero-order chi connectivity index (χ0) is 98.8. The van der Waals surface area contributed by atoms with Gasteiger partial charge in [0.05, 0.1) is 89.4 Å². The highest BCUT2D eigenvalue weighted by atomic mass is 35.5. The molecule has 0 amide bonds. The molecule has 46 heteroatoms. The van der Waals surface area contributed by atoms with E-state index in [1.165, 1.54) is 94.4 Å². The number of ether oxygens (including phenoxy) is 10. The minimum atomic E-state index is -0.329. The van der Waals surface area contributed by atoms with Crippen molar-refractivity contribution in [3.05, 3.63) is 270 Å². The molecule has 0 saturated heterocycles. The number of aliphatic hydroxyl groups is 1. The number of methoxy groups -OCH3 is 5. The molecule has 10 heterocycles. The number of rotatable bonds is 40. The van der Waals surface area contributed by atoms with Gasteiger partial charge in [0.25, 0.3) is 0 Å². The molecule has 36 nitrogen and oxygen atoms in total. The number of nitrogens with zero attached hydrogens (tertiary/aromatic N) is 20. The molecule has 1 N–H and O–H groups in total. The van der Waals surface area contributed by atoms with E-state index in [1.54, 1.807) is 129 Å².